The molecule has 1 N–H and O–H groups in total. The van der Waals surface area contributed by atoms with Crippen molar-refractivity contribution < 1.29 is 4.79 Å². The number of piperidine rings is 1. The van der Waals surface area contributed by atoms with E-state index in [0.29, 0.717) is 17.4 Å². The third-order valence-corrected chi connectivity index (χ3v) is 6.43. The Kier molecular flexibility index (Phi) is 3.39. The van der Waals surface area contributed by atoms with Crippen molar-refractivity contribution in [1.29, 1.82) is 0 Å². The molecular formula is C17H30N2O. The van der Waals surface area contributed by atoms with Gasteiger partial charge in [-0.1, -0.05) is 27.7 Å². The van der Waals surface area contributed by atoms with Gasteiger partial charge in [0.15, 0.2) is 0 Å². The minimum Gasteiger partial charge on any atom is -0.337 e. The molecule has 4 unspecified atom stereocenters. The molecule has 0 spiro atoms. The summed E-state index contributed by atoms with van der Waals surface area (Å²) in [5.41, 5.74) is 0.648. The zero-order chi connectivity index (χ0) is 14.5. The molecule has 3 rings (SSSR count). The van der Waals surface area contributed by atoms with Gasteiger partial charge in [0.1, 0.15) is 0 Å². The van der Waals surface area contributed by atoms with Crippen molar-refractivity contribution >= 4 is 5.91 Å². The summed E-state index contributed by atoms with van der Waals surface area (Å²) in [6, 6.07) is 0.509. The third kappa shape index (κ3) is 1.93. The SMILES string of the molecule is CCNC1CCCN(C2C3(C)CCC(C3)C2(C)C)C1=O. The number of fused-ring (bicyclic) bond motifs is 2. The molecule has 114 valence electrons. The molecule has 1 amide bonds. The first-order valence-electron chi connectivity index (χ1n) is 8.44. The Labute approximate surface area is 123 Å². The summed E-state index contributed by atoms with van der Waals surface area (Å²) in [6.07, 6.45) is 6.15. The number of likely N-dealkylation sites (N-methyl/N-ethyl adjacent to an activating group) is 1. The van der Waals surface area contributed by atoms with Crippen LogP contribution in [0.2, 0.25) is 0 Å². The first-order chi connectivity index (χ1) is 9.40. The van der Waals surface area contributed by atoms with E-state index in [4.69, 9.17) is 0 Å². The van der Waals surface area contributed by atoms with Gasteiger partial charge in [0, 0.05) is 12.6 Å². The van der Waals surface area contributed by atoms with Crippen LogP contribution in [0.4, 0.5) is 0 Å². The summed E-state index contributed by atoms with van der Waals surface area (Å²) < 4.78 is 0. The minimum absolute atomic E-state index is 0.0623. The van der Waals surface area contributed by atoms with Gasteiger partial charge >= 0.3 is 0 Å². The maximum atomic E-state index is 12.9. The molecule has 2 saturated carbocycles. The van der Waals surface area contributed by atoms with Gasteiger partial charge in [0.2, 0.25) is 5.91 Å². The number of likely N-dealkylation sites (tertiary alicyclic amines) is 1. The molecular weight excluding hydrogens is 248 g/mol. The summed E-state index contributed by atoms with van der Waals surface area (Å²) in [7, 11) is 0. The van der Waals surface area contributed by atoms with Crippen molar-refractivity contribution in [1.82, 2.24) is 10.2 Å². The van der Waals surface area contributed by atoms with Gasteiger partial charge in [-0.25, -0.2) is 0 Å². The first-order valence-corrected chi connectivity index (χ1v) is 8.44. The average Bonchev–Trinajstić information content (AvgIpc) is 2.85. The summed E-state index contributed by atoms with van der Waals surface area (Å²) in [6.45, 7) is 11.2. The average molecular weight is 278 g/mol. The maximum absolute atomic E-state index is 12.9. The number of nitrogens with zero attached hydrogens (tertiary/aromatic N) is 1. The molecule has 0 aromatic rings. The number of hydrogen-bond donors (Lipinski definition) is 1. The highest BCUT2D eigenvalue weighted by Crippen LogP contribution is 2.64. The van der Waals surface area contributed by atoms with Crippen molar-refractivity contribution in [3.8, 4) is 0 Å². The number of amides is 1. The molecule has 4 atom stereocenters. The fraction of sp³-hybridized carbons (Fsp3) is 0.941. The van der Waals surface area contributed by atoms with Gasteiger partial charge in [-0.15, -0.1) is 0 Å². The fourth-order valence-electron chi connectivity index (χ4n) is 5.65. The van der Waals surface area contributed by atoms with Crippen molar-refractivity contribution in [3.63, 3.8) is 0 Å². The number of carbonyl (C=O) groups is 1. The topological polar surface area (TPSA) is 32.3 Å². The van der Waals surface area contributed by atoms with Crippen LogP contribution in [0.25, 0.3) is 0 Å². The van der Waals surface area contributed by atoms with Crippen LogP contribution in [-0.4, -0.2) is 36.0 Å². The number of rotatable bonds is 3. The molecule has 3 nitrogen and oxygen atoms in total. The predicted molar refractivity (Wildman–Crippen MR) is 81.4 cm³/mol. The predicted octanol–water partition coefficient (Wildman–Crippen LogP) is 2.80. The summed E-state index contributed by atoms with van der Waals surface area (Å²) in [5.74, 6) is 1.18. The standard InChI is InChI=1S/C17H30N2O/c1-5-18-13-7-6-10-19(14(13)20)15-16(2,3)12-8-9-17(15,4)11-12/h12-13,15,18H,5-11H2,1-4H3. The Balaban J connectivity index is 1.86. The van der Waals surface area contributed by atoms with Crippen LogP contribution in [0.1, 0.15) is 59.8 Å². The molecule has 3 heteroatoms. The van der Waals surface area contributed by atoms with Crippen LogP contribution in [0.5, 0.6) is 0 Å². The second-order valence-electron chi connectivity index (χ2n) is 8.10. The van der Waals surface area contributed by atoms with E-state index in [1.807, 2.05) is 0 Å². The number of carbonyl (C=O) groups excluding carboxylic acids is 1. The maximum Gasteiger partial charge on any atom is 0.239 e. The van der Waals surface area contributed by atoms with Crippen LogP contribution < -0.4 is 5.32 Å². The lowest BCUT2D eigenvalue weighted by atomic mass is 9.67. The van der Waals surface area contributed by atoms with Crippen molar-refractivity contribution in [2.75, 3.05) is 13.1 Å². The van der Waals surface area contributed by atoms with Crippen molar-refractivity contribution in [2.24, 2.45) is 16.7 Å². The van der Waals surface area contributed by atoms with E-state index < -0.39 is 0 Å². The first kappa shape index (κ1) is 14.4. The van der Waals surface area contributed by atoms with Crippen LogP contribution in [0, 0.1) is 16.7 Å². The van der Waals surface area contributed by atoms with Gasteiger partial charge < -0.3 is 10.2 Å². The third-order valence-electron chi connectivity index (χ3n) is 6.43. The van der Waals surface area contributed by atoms with E-state index in [1.165, 1.54) is 19.3 Å². The molecule has 2 aliphatic carbocycles. The Morgan fingerprint density at radius 3 is 2.65 bits per heavy atom. The Morgan fingerprint density at radius 2 is 2.05 bits per heavy atom. The molecule has 1 saturated heterocycles. The summed E-state index contributed by atoms with van der Waals surface area (Å²) in [4.78, 5) is 15.1. The second kappa shape index (κ2) is 4.72. The number of nitrogens with one attached hydrogen (secondary N) is 1. The smallest absolute Gasteiger partial charge is 0.239 e. The lowest BCUT2D eigenvalue weighted by Gasteiger charge is -2.51. The van der Waals surface area contributed by atoms with E-state index in [-0.39, 0.29) is 11.5 Å². The second-order valence-corrected chi connectivity index (χ2v) is 8.10. The van der Waals surface area contributed by atoms with Crippen LogP contribution in [0.3, 0.4) is 0 Å². The van der Waals surface area contributed by atoms with Gasteiger partial charge in [-0.2, -0.15) is 0 Å². The Bertz CT molecular complexity index is 399. The molecule has 0 aromatic heterocycles. The van der Waals surface area contributed by atoms with Gasteiger partial charge in [-0.3, -0.25) is 4.79 Å². The largest absolute Gasteiger partial charge is 0.337 e. The minimum atomic E-state index is 0.0623. The summed E-state index contributed by atoms with van der Waals surface area (Å²) >= 11 is 0. The number of hydrogen-bond acceptors (Lipinski definition) is 2. The van der Waals surface area contributed by atoms with Gasteiger partial charge in [0.05, 0.1) is 6.04 Å². The van der Waals surface area contributed by atoms with E-state index in [2.05, 4.69) is 37.9 Å². The van der Waals surface area contributed by atoms with E-state index in [1.54, 1.807) is 0 Å². The molecule has 1 heterocycles. The molecule has 3 fully saturated rings. The lowest BCUT2D eigenvalue weighted by molar-refractivity contribution is -0.145. The molecule has 3 aliphatic rings. The molecule has 0 radical (unpaired) electrons. The Morgan fingerprint density at radius 1 is 1.30 bits per heavy atom. The van der Waals surface area contributed by atoms with Crippen molar-refractivity contribution in [3.05, 3.63) is 0 Å². The monoisotopic (exact) mass is 278 g/mol. The van der Waals surface area contributed by atoms with E-state index in [9.17, 15) is 4.79 Å². The molecule has 1 aliphatic heterocycles. The highest BCUT2D eigenvalue weighted by Gasteiger charge is 2.62. The molecule has 0 aromatic carbocycles. The van der Waals surface area contributed by atoms with Crippen molar-refractivity contribution in [2.45, 2.75) is 71.9 Å². The highest BCUT2D eigenvalue weighted by atomic mass is 16.2. The van der Waals surface area contributed by atoms with E-state index >= 15 is 0 Å². The zero-order valence-corrected chi connectivity index (χ0v) is 13.5. The quantitative estimate of drug-likeness (QED) is 0.861. The van der Waals surface area contributed by atoms with Gasteiger partial charge in [-0.05, 0) is 55.4 Å². The van der Waals surface area contributed by atoms with Crippen LogP contribution in [-0.2, 0) is 4.79 Å². The Hall–Kier alpha value is -0.570. The normalized spacial score (nSPS) is 43.3. The molecule has 2 bridgehead atoms. The van der Waals surface area contributed by atoms with Crippen LogP contribution in [0.15, 0.2) is 0 Å². The van der Waals surface area contributed by atoms with E-state index in [0.717, 1.165) is 31.8 Å². The molecule has 20 heavy (non-hydrogen) atoms. The van der Waals surface area contributed by atoms with Crippen LogP contribution >= 0.6 is 0 Å². The lowest BCUT2D eigenvalue weighted by Crippen LogP contribution is -2.61. The zero-order valence-electron chi connectivity index (χ0n) is 13.5. The summed E-state index contributed by atoms with van der Waals surface area (Å²) in [5, 5.41) is 3.38. The fourth-order valence-corrected chi connectivity index (χ4v) is 5.65. The van der Waals surface area contributed by atoms with Gasteiger partial charge in [0.25, 0.3) is 0 Å². The highest BCUT2D eigenvalue weighted by molar-refractivity contribution is 5.83.